The van der Waals surface area contributed by atoms with Crippen LogP contribution in [-0.2, 0) is 12.0 Å². The fourth-order valence-corrected chi connectivity index (χ4v) is 3.08. The second-order valence-electron chi connectivity index (χ2n) is 7.20. The Morgan fingerprint density at radius 2 is 1.55 bits per heavy atom. The molecule has 0 aliphatic carbocycles. The summed E-state index contributed by atoms with van der Waals surface area (Å²) in [4.78, 5) is 4.32. The summed E-state index contributed by atoms with van der Waals surface area (Å²) in [5.41, 5.74) is 2.10. The maximum Gasteiger partial charge on any atom is 0.203 e. The van der Waals surface area contributed by atoms with Crippen LogP contribution in [0, 0.1) is 0 Å². The Hall–Kier alpha value is -2.60. The Bertz CT molecular complexity index is 811. The van der Waals surface area contributed by atoms with E-state index in [9.17, 15) is 0 Å². The Balaban J connectivity index is 2.03. The minimum absolute atomic E-state index is 0.0885. The molecule has 0 amide bonds. The molecule has 0 atom stereocenters. The molecule has 0 radical (unpaired) electrons. The molecule has 0 aliphatic rings. The van der Waals surface area contributed by atoms with Crippen LogP contribution < -0.4 is 24.8 Å². The molecule has 158 valence electrons. The molecule has 2 N–H and O–H groups in total. The van der Waals surface area contributed by atoms with Crippen molar-refractivity contribution in [3.8, 4) is 17.2 Å². The van der Waals surface area contributed by atoms with Gasteiger partial charge < -0.3 is 24.8 Å². The summed E-state index contributed by atoms with van der Waals surface area (Å²) >= 11 is 6.00. The molecule has 0 bridgehead atoms. The number of ether oxygens (including phenoxy) is 3. The zero-order valence-electron chi connectivity index (χ0n) is 17.9. The molecule has 0 saturated heterocycles. The zero-order valence-corrected chi connectivity index (χ0v) is 18.7. The Labute approximate surface area is 178 Å². The van der Waals surface area contributed by atoms with E-state index in [1.807, 2.05) is 24.3 Å². The van der Waals surface area contributed by atoms with Crippen molar-refractivity contribution in [1.29, 1.82) is 0 Å². The summed E-state index contributed by atoms with van der Waals surface area (Å²) < 4.78 is 16.2. The van der Waals surface area contributed by atoms with E-state index in [2.05, 4.69) is 41.6 Å². The number of benzene rings is 2. The van der Waals surface area contributed by atoms with Crippen LogP contribution >= 0.6 is 11.6 Å². The molecule has 7 heteroatoms. The number of rotatable bonds is 8. The van der Waals surface area contributed by atoms with Gasteiger partial charge in [0.1, 0.15) is 0 Å². The SMILES string of the molecule is CN=C(NCc1cc(OC)c(OC)c(OC)c1)NCC(C)(C)c1ccc(Cl)cc1. The van der Waals surface area contributed by atoms with Crippen molar-refractivity contribution < 1.29 is 14.2 Å². The Kier molecular flexibility index (Phi) is 8.02. The number of aliphatic imine (C=N–C) groups is 1. The van der Waals surface area contributed by atoms with Gasteiger partial charge in [-0.25, -0.2) is 0 Å². The first-order valence-corrected chi connectivity index (χ1v) is 9.72. The van der Waals surface area contributed by atoms with Gasteiger partial charge in [-0.05, 0) is 35.4 Å². The minimum atomic E-state index is -0.0885. The monoisotopic (exact) mass is 419 g/mol. The van der Waals surface area contributed by atoms with Gasteiger partial charge in [0.15, 0.2) is 17.5 Å². The quantitative estimate of drug-likeness (QED) is 0.500. The molecular weight excluding hydrogens is 390 g/mol. The molecule has 2 aromatic carbocycles. The predicted octanol–water partition coefficient (Wildman–Crippen LogP) is 4.01. The summed E-state index contributed by atoms with van der Waals surface area (Å²) in [6, 6.07) is 11.8. The van der Waals surface area contributed by atoms with Gasteiger partial charge in [-0.2, -0.15) is 0 Å². The van der Waals surface area contributed by atoms with Crippen LogP contribution in [0.3, 0.4) is 0 Å². The normalized spacial score (nSPS) is 11.8. The van der Waals surface area contributed by atoms with Crippen molar-refractivity contribution in [3.05, 3.63) is 52.5 Å². The molecular formula is C22H30ClN3O3. The lowest BCUT2D eigenvalue weighted by molar-refractivity contribution is 0.323. The molecule has 0 unspecified atom stereocenters. The lowest BCUT2D eigenvalue weighted by Crippen LogP contribution is -2.43. The van der Waals surface area contributed by atoms with E-state index in [1.165, 1.54) is 5.56 Å². The molecule has 2 aromatic rings. The van der Waals surface area contributed by atoms with Gasteiger partial charge in [0.25, 0.3) is 0 Å². The summed E-state index contributed by atoms with van der Waals surface area (Å²) in [6.07, 6.45) is 0. The van der Waals surface area contributed by atoms with Gasteiger partial charge in [-0.3, -0.25) is 4.99 Å². The van der Waals surface area contributed by atoms with Gasteiger partial charge in [-0.15, -0.1) is 0 Å². The molecule has 0 spiro atoms. The highest BCUT2D eigenvalue weighted by atomic mass is 35.5. The standard InChI is InChI=1S/C22H30ClN3O3/c1-22(2,16-7-9-17(23)10-8-16)14-26-21(24-3)25-13-15-11-18(27-4)20(29-6)19(12-15)28-5/h7-12H,13-14H2,1-6H3,(H2,24,25,26). The first-order chi connectivity index (χ1) is 13.8. The summed E-state index contributed by atoms with van der Waals surface area (Å²) in [5.74, 6) is 2.53. The fraction of sp³-hybridized carbons (Fsp3) is 0.409. The van der Waals surface area contributed by atoms with Gasteiger partial charge >= 0.3 is 0 Å². The van der Waals surface area contributed by atoms with Crippen LogP contribution in [0.25, 0.3) is 0 Å². The second-order valence-corrected chi connectivity index (χ2v) is 7.64. The third kappa shape index (κ3) is 5.94. The van der Waals surface area contributed by atoms with Crippen molar-refractivity contribution in [2.45, 2.75) is 25.8 Å². The van der Waals surface area contributed by atoms with Crippen molar-refractivity contribution in [3.63, 3.8) is 0 Å². The number of nitrogens with zero attached hydrogens (tertiary/aromatic N) is 1. The van der Waals surface area contributed by atoms with E-state index >= 15 is 0 Å². The maximum absolute atomic E-state index is 6.00. The van der Waals surface area contributed by atoms with E-state index in [-0.39, 0.29) is 5.41 Å². The number of hydrogen-bond donors (Lipinski definition) is 2. The van der Waals surface area contributed by atoms with Crippen molar-refractivity contribution in [2.24, 2.45) is 4.99 Å². The van der Waals surface area contributed by atoms with Gasteiger partial charge in [0.05, 0.1) is 21.3 Å². The predicted molar refractivity (Wildman–Crippen MR) is 119 cm³/mol. The van der Waals surface area contributed by atoms with Gasteiger partial charge in [-0.1, -0.05) is 37.6 Å². The Morgan fingerprint density at radius 3 is 2.03 bits per heavy atom. The maximum atomic E-state index is 6.00. The highest BCUT2D eigenvalue weighted by Gasteiger charge is 2.21. The van der Waals surface area contributed by atoms with E-state index in [0.29, 0.717) is 36.3 Å². The van der Waals surface area contributed by atoms with Crippen LogP contribution in [0.5, 0.6) is 17.2 Å². The number of guanidine groups is 1. The third-order valence-corrected chi connectivity index (χ3v) is 4.98. The Morgan fingerprint density at radius 1 is 0.966 bits per heavy atom. The first-order valence-electron chi connectivity index (χ1n) is 9.34. The largest absolute Gasteiger partial charge is 0.493 e. The van der Waals surface area contributed by atoms with E-state index < -0.39 is 0 Å². The van der Waals surface area contributed by atoms with Gasteiger partial charge in [0, 0.05) is 30.6 Å². The molecule has 0 aliphatic heterocycles. The number of nitrogens with one attached hydrogen (secondary N) is 2. The lowest BCUT2D eigenvalue weighted by Gasteiger charge is -2.27. The summed E-state index contributed by atoms with van der Waals surface area (Å²) in [6.45, 7) is 5.62. The molecule has 0 saturated carbocycles. The molecule has 0 heterocycles. The fourth-order valence-electron chi connectivity index (χ4n) is 2.95. The third-order valence-electron chi connectivity index (χ3n) is 4.73. The second kappa shape index (κ2) is 10.3. The number of halogens is 1. The molecule has 0 aromatic heterocycles. The lowest BCUT2D eigenvalue weighted by atomic mass is 9.85. The minimum Gasteiger partial charge on any atom is -0.493 e. The molecule has 0 fully saturated rings. The molecule has 6 nitrogen and oxygen atoms in total. The van der Waals surface area contributed by atoms with Crippen LogP contribution in [0.2, 0.25) is 5.02 Å². The first kappa shape index (κ1) is 22.7. The van der Waals surface area contributed by atoms with Gasteiger partial charge in [0.2, 0.25) is 5.75 Å². The van der Waals surface area contributed by atoms with Crippen LogP contribution in [-0.4, -0.2) is 40.9 Å². The average molecular weight is 420 g/mol. The zero-order chi connectivity index (χ0) is 21.4. The average Bonchev–Trinajstić information content (AvgIpc) is 2.73. The smallest absolute Gasteiger partial charge is 0.203 e. The molecule has 29 heavy (non-hydrogen) atoms. The van der Waals surface area contributed by atoms with Crippen molar-refractivity contribution in [1.82, 2.24) is 10.6 Å². The summed E-state index contributed by atoms with van der Waals surface area (Å²) in [7, 11) is 6.55. The van der Waals surface area contributed by atoms with Crippen LogP contribution in [0.4, 0.5) is 0 Å². The van der Waals surface area contributed by atoms with E-state index in [1.54, 1.807) is 28.4 Å². The van der Waals surface area contributed by atoms with Crippen LogP contribution in [0.15, 0.2) is 41.4 Å². The topological polar surface area (TPSA) is 64.1 Å². The molecule has 2 rings (SSSR count). The van der Waals surface area contributed by atoms with E-state index in [4.69, 9.17) is 25.8 Å². The van der Waals surface area contributed by atoms with Crippen molar-refractivity contribution in [2.75, 3.05) is 34.9 Å². The highest BCUT2D eigenvalue weighted by Crippen LogP contribution is 2.38. The van der Waals surface area contributed by atoms with E-state index in [0.717, 1.165) is 10.6 Å². The number of methoxy groups -OCH3 is 3. The summed E-state index contributed by atoms with van der Waals surface area (Å²) in [5, 5.41) is 7.45. The van der Waals surface area contributed by atoms with Crippen LogP contribution in [0.1, 0.15) is 25.0 Å². The number of hydrogen-bond acceptors (Lipinski definition) is 4. The van der Waals surface area contributed by atoms with Crippen molar-refractivity contribution >= 4 is 17.6 Å². The highest BCUT2D eigenvalue weighted by molar-refractivity contribution is 6.30.